The van der Waals surface area contributed by atoms with Crippen LogP contribution in [-0.4, -0.2) is 0 Å². The molecule has 0 aliphatic carbocycles. The summed E-state index contributed by atoms with van der Waals surface area (Å²) in [7, 11) is 0. The number of allylic oxidation sites excluding steroid dienone is 1. The van der Waals surface area contributed by atoms with Gasteiger partial charge in [0.25, 0.3) is 12.5 Å². The first-order valence-corrected chi connectivity index (χ1v) is 6.23. The topological polar surface area (TPSA) is 66.0 Å². The molecule has 0 spiro atoms. The lowest BCUT2D eigenvalue weighted by Gasteiger charge is -2.14. The lowest BCUT2D eigenvalue weighted by Crippen LogP contribution is -1.97. The van der Waals surface area contributed by atoms with Crippen LogP contribution < -0.4 is 9.47 Å². The van der Waals surface area contributed by atoms with Gasteiger partial charge < -0.3 is 9.47 Å². The molecule has 0 radical (unpaired) electrons. The average molecular weight is 276 g/mol. The zero-order valence-electron chi connectivity index (χ0n) is 11.2. The van der Waals surface area contributed by atoms with E-state index in [1.807, 2.05) is 30.3 Å². The molecular formula is C17H12N2O2. The van der Waals surface area contributed by atoms with Crippen molar-refractivity contribution in [3.63, 3.8) is 0 Å². The van der Waals surface area contributed by atoms with Crippen LogP contribution in [0.4, 0.5) is 0 Å². The highest BCUT2D eigenvalue weighted by molar-refractivity contribution is 5.41. The van der Waals surface area contributed by atoms with Gasteiger partial charge in [-0.1, -0.05) is 30.3 Å². The molecule has 2 aromatic carbocycles. The first-order valence-electron chi connectivity index (χ1n) is 6.23. The molecule has 0 N–H and O–H groups in total. The van der Waals surface area contributed by atoms with Crippen molar-refractivity contribution < 1.29 is 9.47 Å². The normalized spacial score (nSPS) is 9.48. The Labute approximate surface area is 123 Å². The Bertz CT molecular complexity index is 632. The van der Waals surface area contributed by atoms with Gasteiger partial charge in [0.2, 0.25) is 0 Å². The van der Waals surface area contributed by atoms with Crippen LogP contribution in [0.2, 0.25) is 0 Å². The molecule has 0 aliphatic heterocycles. The van der Waals surface area contributed by atoms with Crippen LogP contribution in [0.1, 0.15) is 17.0 Å². The third-order valence-electron chi connectivity index (χ3n) is 3.04. The van der Waals surface area contributed by atoms with Crippen molar-refractivity contribution in [2.24, 2.45) is 0 Å². The molecular weight excluding hydrogens is 264 g/mol. The molecule has 21 heavy (non-hydrogen) atoms. The van der Waals surface area contributed by atoms with Crippen LogP contribution in [0.15, 0.2) is 61.2 Å². The predicted octanol–water partition coefficient (Wildman–Crippen LogP) is 3.72. The third-order valence-corrected chi connectivity index (χ3v) is 3.04. The zero-order chi connectivity index (χ0) is 15.1. The minimum atomic E-state index is 0.0114. The van der Waals surface area contributed by atoms with E-state index in [0.717, 1.165) is 11.1 Å². The van der Waals surface area contributed by atoms with Gasteiger partial charge in [-0.25, -0.2) is 0 Å². The maximum atomic E-state index is 8.47. The number of hydrogen-bond donors (Lipinski definition) is 0. The van der Waals surface area contributed by atoms with Crippen molar-refractivity contribution in [2.45, 2.75) is 5.92 Å². The number of rotatable bonds is 5. The van der Waals surface area contributed by atoms with Gasteiger partial charge in [0.05, 0.1) is 0 Å². The number of hydrogen-bond acceptors (Lipinski definition) is 4. The lowest BCUT2D eigenvalue weighted by atomic mass is 9.91. The fraction of sp³-hybridized carbons (Fsp3) is 0.0588. The molecule has 0 saturated carbocycles. The maximum Gasteiger partial charge on any atom is 0.292 e. The minimum Gasteiger partial charge on any atom is -0.388 e. The van der Waals surface area contributed by atoms with E-state index < -0.39 is 0 Å². The van der Waals surface area contributed by atoms with Gasteiger partial charge in [0.1, 0.15) is 11.5 Å². The molecule has 0 saturated heterocycles. The Hall–Kier alpha value is -3.24. The van der Waals surface area contributed by atoms with E-state index in [-0.39, 0.29) is 5.92 Å². The van der Waals surface area contributed by atoms with Gasteiger partial charge in [0, 0.05) is 5.92 Å². The van der Waals surface area contributed by atoms with Crippen molar-refractivity contribution >= 4 is 0 Å². The highest BCUT2D eigenvalue weighted by Gasteiger charge is 2.10. The largest absolute Gasteiger partial charge is 0.388 e. The molecule has 0 amide bonds. The van der Waals surface area contributed by atoms with E-state index in [0.29, 0.717) is 11.5 Å². The van der Waals surface area contributed by atoms with E-state index in [4.69, 9.17) is 20.0 Å². The maximum absolute atomic E-state index is 8.47. The smallest absolute Gasteiger partial charge is 0.292 e. The second kappa shape index (κ2) is 6.79. The van der Waals surface area contributed by atoms with Crippen molar-refractivity contribution in [2.75, 3.05) is 0 Å². The molecule has 0 bridgehead atoms. The number of ether oxygens (including phenoxy) is 2. The average Bonchev–Trinajstić information content (AvgIpc) is 2.52. The van der Waals surface area contributed by atoms with Gasteiger partial charge in [-0.15, -0.1) is 17.1 Å². The van der Waals surface area contributed by atoms with Crippen LogP contribution in [0, 0.1) is 23.0 Å². The summed E-state index contributed by atoms with van der Waals surface area (Å²) in [4.78, 5) is 0. The first-order chi connectivity index (χ1) is 10.3. The zero-order valence-corrected chi connectivity index (χ0v) is 11.2. The Kier molecular flexibility index (Phi) is 4.58. The highest BCUT2D eigenvalue weighted by atomic mass is 16.5. The fourth-order valence-electron chi connectivity index (χ4n) is 2.06. The summed E-state index contributed by atoms with van der Waals surface area (Å²) in [5.74, 6) is 1.01. The van der Waals surface area contributed by atoms with Crippen molar-refractivity contribution in [3.05, 3.63) is 72.3 Å². The lowest BCUT2D eigenvalue weighted by molar-refractivity contribution is 0.507. The van der Waals surface area contributed by atoms with E-state index in [9.17, 15) is 0 Å². The summed E-state index contributed by atoms with van der Waals surface area (Å²) in [5.41, 5.74) is 2.06. The van der Waals surface area contributed by atoms with Crippen LogP contribution in [0.25, 0.3) is 0 Å². The van der Waals surface area contributed by atoms with Gasteiger partial charge in [-0.05, 0) is 35.4 Å². The van der Waals surface area contributed by atoms with Gasteiger partial charge in [0.15, 0.2) is 0 Å². The summed E-state index contributed by atoms with van der Waals surface area (Å²) >= 11 is 0. The Morgan fingerprint density at radius 1 is 0.810 bits per heavy atom. The monoisotopic (exact) mass is 276 g/mol. The molecule has 0 aliphatic rings. The molecule has 0 fully saturated rings. The SMILES string of the molecule is C=CC(c1ccc(OC#N)cc1)c1ccc(OC#N)cc1. The summed E-state index contributed by atoms with van der Waals surface area (Å²) in [6.45, 7) is 3.86. The Balaban J connectivity index is 2.24. The standard InChI is InChI=1S/C17H12N2O2/c1-2-17(13-3-7-15(8-4-13)20-11-18)14-5-9-16(10-6-14)21-12-19/h2-10,17H,1H2. The number of nitriles is 2. The van der Waals surface area contributed by atoms with Gasteiger partial charge >= 0.3 is 0 Å². The van der Waals surface area contributed by atoms with Crippen LogP contribution in [0.3, 0.4) is 0 Å². The van der Waals surface area contributed by atoms with Crippen molar-refractivity contribution in [1.82, 2.24) is 0 Å². The summed E-state index contributed by atoms with van der Waals surface area (Å²) in [5, 5.41) is 16.9. The number of nitrogens with zero attached hydrogens (tertiary/aromatic N) is 2. The minimum absolute atomic E-state index is 0.0114. The van der Waals surface area contributed by atoms with E-state index in [1.54, 1.807) is 36.8 Å². The Morgan fingerprint density at radius 2 is 1.19 bits per heavy atom. The Morgan fingerprint density at radius 3 is 1.48 bits per heavy atom. The molecule has 0 unspecified atom stereocenters. The summed E-state index contributed by atoms with van der Waals surface area (Å²) in [6.07, 6.45) is 5.11. The second-order valence-corrected chi connectivity index (χ2v) is 4.24. The second-order valence-electron chi connectivity index (χ2n) is 4.24. The molecule has 0 aromatic heterocycles. The van der Waals surface area contributed by atoms with E-state index >= 15 is 0 Å². The molecule has 4 heteroatoms. The summed E-state index contributed by atoms with van der Waals surface area (Å²) in [6, 6.07) is 14.5. The fourth-order valence-corrected chi connectivity index (χ4v) is 2.06. The molecule has 0 atom stereocenters. The number of benzene rings is 2. The molecule has 4 nitrogen and oxygen atoms in total. The van der Waals surface area contributed by atoms with Gasteiger partial charge in [-0.3, -0.25) is 0 Å². The van der Waals surface area contributed by atoms with Crippen LogP contribution in [-0.2, 0) is 0 Å². The van der Waals surface area contributed by atoms with Crippen molar-refractivity contribution in [3.8, 4) is 24.0 Å². The summed E-state index contributed by atoms with van der Waals surface area (Å²) < 4.78 is 9.51. The molecule has 2 aromatic rings. The predicted molar refractivity (Wildman–Crippen MR) is 77.4 cm³/mol. The highest BCUT2D eigenvalue weighted by Crippen LogP contribution is 2.28. The quantitative estimate of drug-likeness (QED) is 0.616. The molecule has 102 valence electrons. The van der Waals surface area contributed by atoms with Crippen LogP contribution in [0.5, 0.6) is 11.5 Å². The first kappa shape index (κ1) is 14.2. The van der Waals surface area contributed by atoms with E-state index in [1.165, 1.54) is 0 Å². The van der Waals surface area contributed by atoms with Crippen LogP contribution >= 0.6 is 0 Å². The van der Waals surface area contributed by atoms with E-state index in [2.05, 4.69) is 6.58 Å². The molecule has 2 rings (SSSR count). The van der Waals surface area contributed by atoms with Crippen molar-refractivity contribution in [1.29, 1.82) is 10.5 Å². The third kappa shape index (κ3) is 3.40. The van der Waals surface area contributed by atoms with Gasteiger partial charge in [-0.2, -0.15) is 0 Å². The molecule has 0 heterocycles.